The summed E-state index contributed by atoms with van der Waals surface area (Å²) in [4.78, 5) is 11.5. The number of hydrogen-bond donors (Lipinski definition) is 3. The van der Waals surface area contributed by atoms with E-state index in [2.05, 4.69) is 26.0 Å². The second-order valence-electron chi connectivity index (χ2n) is 3.17. The van der Waals surface area contributed by atoms with Crippen molar-refractivity contribution in [1.29, 1.82) is 0 Å². The Kier molecular flexibility index (Phi) is 3.20. The molecule has 0 bridgehead atoms. The van der Waals surface area contributed by atoms with E-state index < -0.39 is 6.03 Å². The third kappa shape index (κ3) is 2.94. The first kappa shape index (κ1) is 10.9. The Morgan fingerprint density at radius 2 is 2.29 bits per heavy atom. The maximum atomic E-state index is 11.5. The zero-order valence-corrected chi connectivity index (χ0v) is 9.10. The number of hydrogen-bond acceptors (Lipinski definition) is 4. The number of H-pyrrole nitrogens is 1. The van der Waals surface area contributed by atoms with Gasteiger partial charge in [-0.1, -0.05) is 6.07 Å². The molecule has 0 unspecified atom stereocenters. The second kappa shape index (κ2) is 4.97. The number of aromatic amines is 1. The van der Waals surface area contributed by atoms with Crippen LogP contribution in [0.25, 0.3) is 0 Å². The van der Waals surface area contributed by atoms with Gasteiger partial charge in [0.05, 0.1) is 13.3 Å². The van der Waals surface area contributed by atoms with Crippen molar-refractivity contribution in [1.82, 2.24) is 15.4 Å². The molecule has 2 rings (SSSR count). The number of amides is 2. The van der Waals surface area contributed by atoms with Crippen LogP contribution in [-0.4, -0.2) is 28.6 Å². The molecule has 7 heteroatoms. The molecule has 0 fully saturated rings. The molecule has 2 aromatic rings. The predicted octanol–water partition coefficient (Wildman–Crippen LogP) is 1.46. The number of methoxy groups -OCH3 is 1. The highest BCUT2D eigenvalue weighted by atomic mass is 16.5. The normalized spacial score (nSPS) is 9.71. The zero-order valence-electron chi connectivity index (χ0n) is 9.10. The van der Waals surface area contributed by atoms with Gasteiger partial charge in [-0.05, 0) is 12.1 Å². The molecule has 17 heavy (non-hydrogen) atoms. The molecule has 0 saturated carbocycles. The highest BCUT2D eigenvalue weighted by molar-refractivity contribution is 5.99. The van der Waals surface area contributed by atoms with Gasteiger partial charge in [0.1, 0.15) is 5.75 Å². The van der Waals surface area contributed by atoms with Crippen LogP contribution in [-0.2, 0) is 0 Å². The number of benzene rings is 1. The number of carbonyl (C=O) groups is 1. The van der Waals surface area contributed by atoms with Gasteiger partial charge in [0.2, 0.25) is 0 Å². The molecule has 0 radical (unpaired) electrons. The summed E-state index contributed by atoms with van der Waals surface area (Å²) in [5.74, 6) is 1.02. The van der Waals surface area contributed by atoms with Crippen molar-refractivity contribution in [3.8, 4) is 5.75 Å². The lowest BCUT2D eigenvalue weighted by Gasteiger charge is -2.06. The van der Waals surface area contributed by atoms with E-state index in [1.54, 1.807) is 31.4 Å². The second-order valence-corrected chi connectivity index (χ2v) is 3.17. The summed E-state index contributed by atoms with van der Waals surface area (Å²) >= 11 is 0. The van der Waals surface area contributed by atoms with Gasteiger partial charge >= 0.3 is 6.03 Å². The monoisotopic (exact) mass is 233 g/mol. The van der Waals surface area contributed by atoms with Crippen molar-refractivity contribution < 1.29 is 9.53 Å². The molecule has 7 nitrogen and oxygen atoms in total. The molecular formula is C10H11N5O2. The van der Waals surface area contributed by atoms with E-state index in [-0.39, 0.29) is 0 Å². The lowest BCUT2D eigenvalue weighted by molar-refractivity contribution is 0.262. The summed E-state index contributed by atoms with van der Waals surface area (Å²) < 4.78 is 5.04. The molecule has 0 saturated heterocycles. The first-order valence-electron chi connectivity index (χ1n) is 4.86. The van der Waals surface area contributed by atoms with E-state index in [1.165, 1.54) is 6.20 Å². The van der Waals surface area contributed by atoms with Crippen molar-refractivity contribution >= 4 is 17.5 Å². The van der Waals surface area contributed by atoms with Crippen LogP contribution in [0.15, 0.2) is 30.5 Å². The Hall–Kier alpha value is -2.57. The van der Waals surface area contributed by atoms with E-state index in [9.17, 15) is 4.79 Å². The maximum absolute atomic E-state index is 11.5. The number of carbonyl (C=O) groups excluding carboxylic acids is 1. The number of ether oxygens (including phenoxy) is 1. The highest BCUT2D eigenvalue weighted by Gasteiger charge is 2.04. The topological polar surface area (TPSA) is 91.9 Å². The molecule has 3 N–H and O–H groups in total. The van der Waals surface area contributed by atoms with Crippen molar-refractivity contribution in [3.63, 3.8) is 0 Å². The molecule has 0 atom stereocenters. The lowest BCUT2D eigenvalue weighted by atomic mass is 10.3. The predicted molar refractivity (Wildman–Crippen MR) is 62.0 cm³/mol. The SMILES string of the molecule is COc1cccc(NC(=O)Nc2cn[nH]n2)c1. The quantitative estimate of drug-likeness (QED) is 0.748. The van der Waals surface area contributed by atoms with Crippen LogP contribution in [0.1, 0.15) is 0 Å². The van der Waals surface area contributed by atoms with Crippen LogP contribution in [0, 0.1) is 0 Å². The summed E-state index contributed by atoms with van der Waals surface area (Å²) in [5.41, 5.74) is 0.630. The Labute approximate surface area is 97.2 Å². The van der Waals surface area contributed by atoms with Gasteiger partial charge in [-0.15, -0.1) is 5.10 Å². The molecule has 88 valence electrons. The number of rotatable bonds is 3. The molecule has 0 aliphatic rings. The average Bonchev–Trinajstić information content (AvgIpc) is 2.82. The maximum Gasteiger partial charge on any atom is 0.324 e. The van der Waals surface area contributed by atoms with Crippen molar-refractivity contribution in [2.75, 3.05) is 17.7 Å². The summed E-state index contributed by atoms with van der Waals surface area (Å²) in [5, 5.41) is 14.8. The molecule has 1 aromatic carbocycles. The van der Waals surface area contributed by atoms with Gasteiger partial charge in [-0.2, -0.15) is 10.3 Å². The molecule has 0 aliphatic heterocycles. The highest BCUT2D eigenvalue weighted by Crippen LogP contribution is 2.16. The Morgan fingerprint density at radius 1 is 1.41 bits per heavy atom. The van der Waals surface area contributed by atoms with Gasteiger partial charge < -0.3 is 10.1 Å². The molecule has 1 aromatic heterocycles. The number of urea groups is 1. The Morgan fingerprint density at radius 3 is 3.00 bits per heavy atom. The lowest BCUT2D eigenvalue weighted by Crippen LogP contribution is -2.19. The minimum atomic E-state index is -0.396. The first-order valence-corrected chi connectivity index (χ1v) is 4.86. The van der Waals surface area contributed by atoms with Gasteiger partial charge in [-0.3, -0.25) is 5.32 Å². The minimum absolute atomic E-state index is 0.352. The number of aromatic nitrogens is 3. The largest absolute Gasteiger partial charge is 0.497 e. The van der Waals surface area contributed by atoms with Crippen molar-refractivity contribution in [2.45, 2.75) is 0 Å². The van der Waals surface area contributed by atoms with Gasteiger partial charge in [-0.25, -0.2) is 4.79 Å². The summed E-state index contributed by atoms with van der Waals surface area (Å²) in [6.07, 6.45) is 1.41. The van der Waals surface area contributed by atoms with Gasteiger partial charge in [0.25, 0.3) is 0 Å². The number of nitrogens with zero attached hydrogens (tertiary/aromatic N) is 2. The molecular weight excluding hydrogens is 222 g/mol. The van der Waals surface area contributed by atoms with E-state index in [0.29, 0.717) is 17.3 Å². The smallest absolute Gasteiger partial charge is 0.324 e. The fourth-order valence-electron chi connectivity index (χ4n) is 1.24. The van der Waals surface area contributed by atoms with Crippen LogP contribution in [0.2, 0.25) is 0 Å². The van der Waals surface area contributed by atoms with Crippen LogP contribution in [0.5, 0.6) is 5.75 Å². The third-order valence-corrected chi connectivity index (χ3v) is 1.98. The van der Waals surface area contributed by atoms with Crippen molar-refractivity contribution in [2.24, 2.45) is 0 Å². The summed E-state index contributed by atoms with van der Waals surface area (Å²) in [6.45, 7) is 0. The van der Waals surface area contributed by atoms with Crippen LogP contribution in [0.4, 0.5) is 16.3 Å². The standard InChI is InChI=1S/C10H11N5O2/c1-17-8-4-2-3-7(5-8)12-10(16)13-9-6-11-15-14-9/h2-6H,1H3,(H3,11,12,13,14,15,16). The fourth-order valence-corrected chi connectivity index (χ4v) is 1.24. The number of nitrogens with one attached hydrogen (secondary N) is 3. The van der Waals surface area contributed by atoms with E-state index in [1.807, 2.05) is 0 Å². The minimum Gasteiger partial charge on any atom is -0.497 e. The Balaban J connectivity index is 1.98. The first-order chi connectivity index (χ1) is 8.28. The molecule has 2 amide bonds. The van der Waals surface area contributed by atoms with E-state index >= 15 is 0 Å². The summed E-state index contributed by atoms with van der Waals surface area (Å²) in [7, 11) is 1.56. The van der Waals surface area contributed by atoms with Gasteiger partial charge in [0, 0.05) is 11.8 Å². The van der Waals surface area contributed by atoms with Crippen LogP contribution < -0.4 is 15.4 Å². The van der Waals surface area contributed by atoms with Crippen molar-refractivity contribution in [3.05, 3.63) is 30.5 Å². The molecule has 0 aliphatic carbocycles. The van der Waals surface area contributed by atoms with Gasteiger partial charge in [0.15, 0.2) is 5.82 Å². The fraction of sp³-hybridized carbons (Fsp3) is 0.100. The zero-order chi connectivity index (χ0) is 12.1. The Bertz CT molecular complexity index is 497. The average molecular weight is 233 g/mol. The third-order valence-electron chi connectivity index (χ3n) is 1.98. The molecule has 0 spiro atoms. The number of anilines is 2. The van der Waals surface area contributed by atoms with E-state index in [0.717, 1.165) is 0 Å². The van der Waals surface area contributed by atoms with Crippen LogP contribution in [0.3, 0.4) is 0 Å². The summed E-state index contributed by atoms with van der Waals surface area (Å²) in [6, 6.07) is 6.64. The molecule has 1 heterocycles. The van der Waals surface area contributed by atoms with Crippen LogP contribution >= 0.6 is 0 Å². The van der Waals surface area contributed by atoms with E-state index in [4.69, 9.17) is 4.74 Å².